The van der Waals surface area contributed by atoms with Crippen molar-refractivity contribution in [2.75, 3.05) is 39.7 Å². The van der Waals surface area contributed by atoms with Gasteiger partial charge in [-0.15, -0.1) is 0 Å². The molecule has 6 rings (SSSR count). The van der Waals surface area contributed by atoms with Crippen LogP contribution in [0.25, 0.3) is 11.3 Å². The number of anilines is 1. The molecular formula is C36H45N3O9. The number of Topliss-reactive ketones (excluding diaryl/α,β-unsaturated/α-hetero) is 4. The van der Waals surface area contributed by atoms with E-state index < -0.39 is 64.4 Å². The molecule has 2 unspecified atom stereocenters. The van der Waals surface area contributed by atoms with E-state index in [2.05, 4.69) is 0 Å². The molecule has 0 aliphatic heterocycles. The maximum absolute atomic E-state index is 14.4. The number of rotatable bonds is 8. The Balaban J connectivity index is 1.36. The Hall–Kier alpha value is -3.87. The standard InChI is InChI=1S/C36H45N3O9/c1-38(2)24-16-22(25-10-9-20(48-25)13-18-7-5-17(6-8-18)11-12-40)30(41)27-21(24)14-19-15-23-29(39(3)4)32(43)28(35(37)46)34(45)36(23,47)33(44)26(19)31(27)42/h9-10,16-19,23,26,28-29,40-41,47H,5-8,11-15H2,1-4H3,(H2,37,46)/t17?,18?,19-,23-,26?,28?,29-,36-/m1/s1. The second kappa shape index (κ2) is 12.5. The monoisotopic (exact) mass is 663 g/mol. The van der Waals surface area contributed by atoms with Gasteiger partial charge in [0.1, 0.15) is 17.3 Å². The Morgan fingerprint density at radius 1 is 1.02 bits per heavy atom. The molecule has 0 radical (unpaired) electrons. The van der Waals surface area contributed by atoms with Crippen LogP contribution in [-0.4, -0.2) is 95.7 Å². The van der Waals surface area contributed by atoms with E-state index in [0.29, 0.717) is 28.8 Å². The van der Waals surface area contributed by atoms with Crippen LogP contribution < -0.4 is 10.6 Å². The highest BCUT2D eigenvalue weighted by Crippen LogP contribution is 2.53. The molecule has 3 saturated carbocycles. The molecule has 1 heterocycles. The fraction of sp³-hybridized carbons (Fsp3) is 0.583. The van der Waals surface area contributed by atoms with Crippen LogP contribution in [0.2, 0.25) is 0 Å². The first kappa shape index (κ1) is 34.0. The number of carbonyl (C=O) groups is 5. The van der Waals surface area contributed by atoms with Gasteiger partial charge in [-0.3, -0.25) is 28.9 Å². The first-order valence-electron chi connectivity index (χ1n) is 16.8. The lowest BCUT2D eigenvalue weighted by molar-refractivity contribution is -0.181. The summed E-state index contributed by atoms with van der Waals surface area (Å²) in [7, 11) is 6.73. The number of ketones is 4. The van der Waals surface area contributed by atoms with Gasteiger partial charge in [0.25, 0.3) is 0 Å². The second-order valence-electron chi connectivity index (χ2n) is 14.7. The molecule has 0 spiro atoms. The molecule has 5 N–H and O–H groups in total. The number of fused-ring (bicyclic) bond motifs is 3. The van der Waals surface area contributed by atoms with E-state index in [0.717, 1.165) is 44.3 Å². The average molecular weight is 664 g/mol. The van der Waals surface area contributed by atoms with Gasteiger partial charge in [0.2, 0.25) is 5.91 Å². The summed E-state index contributed by atoms with van der Waals surface area (Å²) in [5.74, 6) is -8.70. The fourth-order valence-corrected chi connectivity index (χ4v) is 9.06. The van der Waals surface area contributed by atoms with Crippen molar-refractivity contribution >= 4 is 34.7 Å². The summed E-state index contributed by atoms with van der Waals surface area (Å²) in [4.78, 5) is 71.1. The van der Waals surface area contributed by atoms with Gasteiger partial charge in [-0.1, -0.05) is 12.8 Å². The van der Waals surface area contributed by atoms with Crippen LogP contribution >= 0.6 is 0 Å². The van der Waals surface area contributed by atoms with Crippen molar-refractivity contribution in [2.24, 2.45) is 41.2 Å². The van der Waals surface area contributed by atoms with Gasteiger partial charge in [0, 0.05) is 38.7 Å². The van der Waals surface area contributed by atoms with Crippen molar-refractivity contribution in [1.82, 2.24) is 4.90 Å². The molecule has 48 heavy (non-hydrogen) atoms. The maximum atomic E-state index is 14.4. The van der Waals surface area contributed by atoms with Crippen LogP contribution in [-0.2, 0) is 32.0 Å². The zero-order valence-corrected chi connectivity index (χ0v) is 27.9. The lowest BCUT2D eigenvalue weighted by Crippen LogP contribution is -2.74. The topological polar surface area (TPSA) is 192 Å². The molecule has 12 nitrogen and oxygen atoms in total. The lowest BCUT2D eigenvalue weighted by atomic mass is 9.52. The second-order valence-corrected chi connectivity index (χ2v) is 14.7. The average Bonchev–Trinajstić information content (AvgIpc) is 3.47. The van der Waals surface area contributed by atoms with Gasteiger partial charge >= 0.3 is 0 Å². The van der Waals surface area contributed by atoms with Gasteiger partial charge in [0.15, 0.2) is 34.7 Å². The number of aliphatic hydroxyl groups is 2. The van der Waals surface area contributed by atoms with E-state index in [1.165, 1.54) is 4.90 Å². The smallest absolute Gasteiger partial charge is 0.235 e. The van der Waals surface area contributed by atoms with E-state index in [-0.39, 0.29) is 36.3 Å². The summed E-state index contributed by atoms with van der Waals surface area (Å²) in [5, 5.41) is 32.8. The first-order valence-corrected chi connectivity index (χ1v) is 16.8. The van der Waals surface area contributed by atoms with Crippen molar-refractivity contribution in [2.45, 2.75) is 63.0 Å². The van der Waals surface area contributed by atoms with Gasteiger partial charge < -0.3 is 30.4 Å². The molecule has 4 aliphatic carbocycles. The van der Waals surface area contributed by atoms with Crippen molar-refractivity contribution in [1.29, 1.82) is 0 Å². The van der Waals surface area contributed by atoms with E-state index in [1.807, 2.05) is 25.1 Å². The van der Waals surface area contributed by atoms with Crippen molar-refractivity contribution in [3.05, 3.63) is 35.1 Å². The first-order chi connectivity index (χ1) is 22.7. The molecule has 2 aromatic rings. The number of hydrogen-bond acceptors (Lipinski definition) is 11. The minimum absolute atomic E-state index is 0.0112. The predicted octanol–water partition coefficient (Wildman–Crippen LogP) is 1.92. The van der Waals surface area contributed by atoms with Crippen LogP contribution in [0, 0.1) is 35.5 Å². The quantitative estimate of drug-likeness (QED) is 0.302. The van der Waals surface area contributed by atoms with Crippen LogP contribution in [0.1, 0.15) is 60.2 Å². The summed E-state index contributed by atoms with van der Waals surface area (Å²) >= 11 is 0. The molecule has 0 bridgehead atoms. The summed E-state index contributed by atoms with van der Waals surface area (Å²) in [6.45, 7) is 0.210. The lowest BCUT2D eigenvalue weighted by Gasteiger charge is -2.52. The van der Waals surface area contributed by atoms with E-state index in [1.54, 1.807) is 26.2 Å². The van der Waals surface area contributed by atoms with Crippen LogP contribution in [0.3, 0.4) is 0 Å². The molecule has 4 aliphatic rings. The molecule has 1 amide bonds. The number of phenolic OH excluding ortho intramolecular Hbond substituents is 1. The number of amides is 1. The molecule has 12 heteroatoms. The number of aromatic hydroxyl groups is 1. The Morgan fingerprint density at radius 2 is 1.69 bits per heavy atom. The Kier molecular flexibility index (Phi) is 8.89. The highest BCUT2D eigenvalue weighted by Gasteiger charge is 2.69. The summed E-state index contributed by atoms with van der Waals surface area (Å²) < 4.78 is 6.23. The van der Waals surface area contributed by atoms with Crippen LogP contribution in [0.15, 0.2) is 22.6 Å². The number of furan rings is 1. The highest BCUT2D eigenvalue weighted by atomic mass is 16.3. The molecular weight excluding hydrogens is 618 g/mol. The number of aliphatic hydroxyl groups excluding tert-OH is 1. The summed E-state index contributed by atoms with van der Waals surface area (Å²) in [6.07, 6.45) is 5.94. The van der Waals surface area contributed by atoms with Gasteiger partial charge in [-0.25, -0.2) is 0 Å². The maximum Gasteiger partial charge on any atom is 0.235 e. The minimum Gasteiger partial charge on any atom is -0.506 e. The molecule has 1 aromatic carbocycles. The Labute approximate surface area is 279 Å². The summed E-state index contributed by atoms with van der Waals surface area (Å²) in [6, 6.07) is 4.23. The Morgan fingerprint density at radius 3 is 2.29 bits per heavy atom. The number of hydrogen-bond donors (Lipinski definition) is 4. The predicted molar refractivity (Wildman–Crippen MR) is 174 cm³/mol. The molecule has 258 valence electrons. The molecule has 1 aromatic heterocycles. The molecule has 6 atom stereocenters. The third kappa shape index (κ3) is 5.28. The number of likely N-dealkylation sites (N-methyl/N-ethyl adjacent to an activating group) is 1. The third-order valence-corrected chi connectivity index (χ3v) is 11.4. The highest BCUT2D eigenvalue weighted by molar-refractivity contribution is 6.32. The largest absolute Gasteiger partial charge is 0.506 e. The number of nitrogens with two attached hydrogens (primary N) is 1. The zero-order chi connectivity index (χ0) is 34.8. The van der Waals surface area contributed by atoms with Crippen molar-refractivity contribution in [3.8, 4) is 17.1 Å². The number of phenols is 1. The fourth-order valence-electron chi connectivity index (χ4n) is 9.06. The number of nitrogens with zero attached hydrogens (tertiary/aromatic N) is 2. The van der Waals surface area contributed by atoms with Crippen LogP contribution in [0.4, 0.5) is 5.69 Å². The minimum atomic E-state index is -2.78. The van der Waals surface area contributed by atoms with Gasteiger partial charge in [-0.05, 0) is 87.7 Å². The van der Waals surface area contributed by atoms with Gasteiger partial charge in [0.05, 0.1) is 23.1 Å². The third-order valence-electron chi connectivity index (χ3n) is 11.4. The van der Waals surface area contributed by atoms with E-state index in [9.17, 15) is 39.3 Å². The zero-order valence-electron chi connectivity index (χ0n) is 27.9. The number of carbonyl (C=O) groups excluding carboxylic acids is 5. The van der Waals surface area contributed by atoms with E-state index in [4.69, 9.17) is 10.2 Å². The number of benzene rings is 1. The molecule has 0 saturated heterocycles. The SMILES string of the molecule is CN(C)c1cc(-c2ccc(CC3CCC(CCO)CC3)o2)c(O)c2c1C[C@@H]1C[C@@H]3[C@@H](N(C)C)C(=O)C(C(N)=O)C(=O)[C@]3(O)C(=O)C1C2=O. The van der Waals surface area contributed by atoms with Crippen molar-refractivity contribution in [3.63, 3.8) is 0 Å². The van der Waals surface area contributed by atoms with Crippen molar-refractivity contribution < 1.29 is 43.7 Å². The van der Waals surface area contributed by atoms with Crippen LogP contribution in [0.5, 0.6) is 5.75 Å². The normalized spacial score (nSPS) is 31.8. The summed E-state index contributed by atoms with van der Waals surface area (Å²) in [5.41, 5.74) is 4.04. The number of primary amides is 1. The van der Waals surface area contributed by atoms with Gasteiger partial charge in [-0.2, -0.15) is 0 Å². The Bertz CT molecular complexity index is 1670. The van der Waals surface area contributed by atoms with E-state index >= 15 is 0 Å². The molecule has 3 fully saturated rings.